The first-order chi connectivity index (χ1) is 9.61. The Balaban J connectivity index is 2.04. The van der Waals surface area contributed by atoms with Gasteiger partial charge in [0.25, 0.3) is 0 Å². The van der Waals surface area contributed by atoms with E-state index in [0.717, 1.165) is 10.0 Å². The molecule has 1 aromatic carbocycles. The largest absolute Gasteiger partial charge is 0.454 e. The van der Waals surface area contributed by atoms with Crippen LogP contribution in [0.2, 0.25) is 0 Å². The molecule has 0 aromatic heterocycles. The van der Waals surface area contributed by atoms with E-state index in [1.54, 1.807) is 6.07 Å². The molecule has 0 spiro atoms. The smallest absolute Gasteiger partial charge is 0.346 e. The molecule has 1 unspecified atom stereocenters. The Morgan fingerprint density at radius 1 is 1.55 bits per heavy atom. The molecule has 2 aliphatic heterocycles. The molecule has 2 aliphatic rings. The topological polar surface area (TPSA) is 77.2 Å². The normalized spacial score (nSPS) is 20.0. The lowest BCUT2D eigenvalue weighted by atomic mass is 10.0. The standard InChI is InChI=1S/C13H10BrN3O3/c1-2-3-17-10(12(15)16-13(17)18)7-4-8(14)11-9(5-7)19-6-20-11/h1,4-5,10H,3,6H2,(H2,15,16,18). The van der Waals surface area contributed by atoms with Gasteiger partial charge in [-0.15, -0.1) is 6.42 Å². The summed E-state index contributed by atoms with van der Waals surface area (Å²) in [6.45, 7) is 0.304. The molecular weight excluding hydrogens is 326 g/mol. The SMILES string of the molecule is C#CCN1C(=O)N=C(N)C1c1cc(Br)c2c(c1)OCO2. The van der Waals surface area contributed by atoms with Crippen LogP contribution in [0.15, 0.2) is 21.6 Å². The van der Waals surface area contributed by atoms with Crippen molar-refractivity contribution in [3.63, 3.8) is 0 Å². The van der Waals surface area contributed by atoms with Gasteiger partial charge in [0.2, 0.25) is 6.79 Å². The summed E-state index contributed by atoms with van der Waals surface area (Å²) >= 11 is 3.41. The number of amidine groups is 1. The van der Waals surface area contributed by atoms with Gasteiger partial charge in [0.1, 0.15) is 11.9 Å². The molecular formula is C13H10BrN3O3. The average molecular weight is 336 g/mol. The number of rotatable bonds is 2. The van der Waals surface area contributed by atoms with Crippen molar-refractivity contribution >= 4 is 27.8 Å². The summed E-state index contributed by atoms with van der Waals surface area (Å²) in [4.78, 5) is 17.0. The van der Waals surface area contributed by atoms with Crippen LogP contribution in [0.1, 0.15) is 11.6 Å². The van der Waals surface area contributed by atoms with Crippen LogP contribution in [-0.4, -0.2) is 30.1 Å². The zero-order valence-electron chi connectivity index (χ0n) is 10.3. The van der Waals surface area contributed by atoms with Gasteiger partial charge in [-0.2, -0.15) is 4.99 Å². The van der Waals surface area contributed by atoms with E-state index in [4.69, 9.17) is 21.6 Å². The fourth-order valence-corrected chi connectivity index (χ4v) is 2.83. The van der Waals surface area contributed by atoms with E-state index in [1.807, 2.05) is 6.07 Å². The Kier molecular flexibility index (Phi) is 3.03. The molecule has 2 amide bonds. The monoisotopic (exact) mass is 335 g/mol. The van der Waals surface area contributed by atoms with Gasteiger partial charge in [-0.05, 0) is 33.6 Å². The Morgan fingerprint density at radius 2 is 2.35 bits per heavy atom. The summed E-state index contributed by atoms with van der Waals surface area (Å²) < 4.78 is 11.4. The molecule has 2 N–H and O–H groups in total. The van der Waals surface area contributed by atoms with E-state index in [0.29, 0.717) is 11.5 Å². The minimum atomic E-state index is -0.482. The summed E-state index contributed by atoms with van der Waals surface area (Å²) in [6.07, 6.45) is 5.29. The predicted molar refractivity (Wildman–Crippen MR) is 75.6 cm³/mol. The number of benzene rings is 1. The first-order valence-electron chi connectivity index (χ1n) is 5.79. The van der Waals surface area contributed by atoms with Crippen molar-refractivity contribution in [1.82, 2.24) is 4.90 Å². The highest BCUT2D eigenvalue weighted by atomic mass is 79.9. The minimum Gasteiger partial charge on any atom is -0.454 e. The number of terminal acetylenes is 1. The van der Waals surface area contributed by atoms with E-state index >= 15 is 0 Å². The van der Waals surface area contributed by atoms with Crippen molar-refractivity contribution < 1.29 is 14.3 Å². The number of hydrogen-bond donors (Lipinski definition) is 1. The fraction of sp³-hybridized carbons (Fsp3) is 0.231. The van der Waals surface area contributed by atoms with Gasteiger partial charge >= 0.3 is 6.03 Å². The molecule has 0 radical (unpaired) electrons. The van der Waals surface area contributed by atoms with E-state index in [9.17, 15) is 4.79 Å². The van der Waals surface area contributed by atoms with Gasteiger partial charge in [0.15, 0.2) is 11.5 Å². The maximum atomic E-state index is 11.8. The van der Waals surface area contributed by atoms with Gasteiger partial charge < -0.3 is 15.2 Å². The molecule has 0 bridgehead atoms. The lowest BCUT2D eigenvalue weighted by molar-refractivity contribution is 0.173. The maximum Gasteiger partial charge on any atom is 0.346 e. The summed E-state index contributed by atoms with van der Waals surface area (Å²) in [5.74, 6) is 3.89. The van der Waals surface area contributed by atoms with Crippen LogP contribution in [0.3, 0.4) is 0 Å². The Bertz CT molecular complexity index is 666. The number of hydrogen-bond acceptors (Lipinski definition) is 4. The Morgan fingerprint density at radius 3 is 3.10 bits per heavy atom. The van der Waals surface area contributed by atoms with E-state index in [-0.39, 0.29) is 19.2 Å². The third-order valence-corrected chi connectivity index (χ3v) is 3.68. The number of carbonyl (C=O) groups excluding carboxylic acids is 1. The molecule has 1 aromatic rings. The number of nitrogens with two attached hydrogens (primary N) is 1. The molecule has 1 atom stereocenters. The summed E-state index contributed by atoms with van der Waals surface area (Å²) in [7, 11) is 0. The minimum absolute atomic E-state index is 0.139. The van der Waals surface area contributed by atoms with Crippen LogP contribution >= 0.6 is 15.9 Å². The van der Waals surface area contributed by atoms with Crippen LogP contribution in [0, 0.1) is 12.3 Å². The van der Waals surface area contributed by atoms with Gasteiger partial charge in [-0.25, -0.2) is 4.79 Å². The predicted octanol–water partition coefficient (Wildman–Crippen LogP) is 1.64. The lowest BCUT2D eigenvalue weighted by Gasteiger charge is -2.22. The second kappa shape index (κ2) is 4.72. The highest BCUT2D eigenvalue weighted by molar-refractivity contribution is 9.10. The molecule has 20 heavy (non-hydrogen) atoms. The number of urea groups is 1. The first-order valence-corrected chi connectivity index (χ1v) is 6.58. The van der Waals surface area contributed by atoms with Crippen LogP contribution in [-0.2, 0) is 0 Å². The molecule has 0 fully saturated rings. The number of ether oxygens (including phenoxy) is 2. The molecule has 3 rings (SSSR count). The zero-order chi connectivity index (χ0) is 14.3. The van der Waals surface area contributed by atoms with Gasteiger partial charge in [0.05, 0.1) is 11.0 Å². The Labute approximate surface area is 123 Å². The van der Waals surface area contributed by atoms with Crippen molar-refractivity contribution in [2.75, 3.05) is 13.3 Å². The molecule has 2 heterocycles. The summed E-state index contributed by atoms with van der Waals surface area (Å²) in [6, 6.07) is 2.69. The van der Waals surface area contributed by atoms with Crippen molar-refractivity contribution in [2.24, 2.45) is 10.7 Å². The first kappa shape index (κ1) is 12.8. The van der Waals surface area contributed by atoms with Gasteiger partial charge in [-0.3, -0.25) is 4.90 Å². The van der Waals surface area contributed by atoms with E-state index in [2.05, 4.69) is 26.8 Å². The van der Waals surface area contributed by atoms with Gasteiger partial charge in [0, 0.05) is 0 Å². The maximum absolute atomic E-state index is 11.8. The van der Waals surface area contributed by atoms with E-state index in [1.165, 1.54) is 4.90 Å². The van der Waals surface area contributed by atoms with Crippen molar-refractivity contribution in [2.45, 2.75) is 6.04 Å². The number of halogens is 1. The zero-order valence-corrected chi connectivity index (χ0v) is 11.9. The second-order valence-corrected chi connectivity index (χ2v) is 5.14. The quantitative estimate of drug-likeness (QED) is 0.833. The number of nitrogens with zero attached hydrogens (tertiary/aromatic N) is 2. The van der Waals surface area contributed by atoms with Gasteiger partial charge in [-0.1, -0.05) is 5.92 Å². The molecule has 6 nitrogen and oxygen atoms in total. The van der Waals surface area contributed by atoms with E-state index < -0.39 is 12.1 Å². The van der Waals surface area contributed by atoms with Crippen LogP contribution in [0.4, 0.5) is 4.79 Å². The molecule has 7 heteroatoms. The van der Waals surface area contributed by atoms with Crippen LogP contribution < -0.4 is 15.2 Å². The fourth-order valence-electron chi connectivity index (χ4n) is 2.26. The molecule has 0 saturated carbocycles. The lowest BCUT2D eigenvalue weighted by Crippen LogP contribution is -2.33. The third-order valence-electron chi connectivity index (χ3n) is 3.09. The number of aliphatic imine (C=N–C) groups is 1. The van der Waals surface area contributed by atoms with Crippen LogP contribution in [0.5, 0.6) is 11.5 Å². The Hall–Kier alpha value is -2.20. The van der Waals surface area contributed by atoms with Crippen molar-refractivity contribution in [3.8, 4) is 23.8 Å². The second-order valence-electron chi connectivity index (χ2n) is 4.29. The number of carbonyl (C=O) groups is 1. The average Bonchev–Trinajstić information content (AvgIpc) is 2.96. The molecule has 0 saturated heterocycles. The summed E-state index contributed by atoms with van der Waals surface area (Å²) in [5.41, 5.74) is 6.62. The third kappa shape index (κ3) is 1.89. The van der Waals surface area contributed by atoms with Crippen molar-refractivity contribution in [3.05, 3.63) is 22.2 Å². The van der Waals surface area contributed by atoms with Crippen LogP contribution in [0.25, 0.3) is 0 Å². The number of fused-ring (bicyclic) bond motifs is 1. The highest BCUT2D eigenvalue weighted by Gasteiger charge is 2.35. The van der Waals surface area contributed by atoms with Crippen molar-refractivity contribution in [1.29, 1.82) is 0 Å². The number of amides is 2. The molecule has 0 aliphatic carbocycles. The summed E-state index contributed by atoms with van der Waals surface area (Å²) in [5, 5.41) is 0. The highest BCUT2D eigenvalue weighted by Crippen LogP contribution is 2.42. The molecule has 102 valence electrons.